The molecule has 0 fully saturated rings. The van der Waals surface area contributed by atoms with E-state index in [0.717, 1.165) is 23.3 Å². The first kappa shape index (κ1) is 7.99. The van der Waals surface area contributed by atoms with Crippen LogP contribution in [0.15, 0.2) is 24.9 Å². The molecular formula is C10H13N. The summed E-state index contributed by atoms with van der Waals surface area (Å²) >= 11 is 0. The summed E-state index contributed by atoms with van der Waals surface area (Å²) in [5.74, 6) is 0. The topological polar surface area (TPSA) is 12.9 Å². The molecule has 1 heterocycles. The predicted molar refractivity (Wildman–Crippen MR) is 48.3 cm³/mol. The van der Waals surface area contributed by atoms with Gasteiger partial charge in [-0.05, 0) is 30.5 Å². The lowest BCUT2D eigenvalue weighted by Gasteiger charge is -1.99. The van der Waals surface area contributed by atoms with Crippen molar-refractivity contribution in [2.24, 2.45) is 0 Å². The number of allylic oxidation sites excluding steroid dienone is 1. The van der Waals surface area contributed by atoms with Crippen molar-refractivity contribution in [3.05, 3.63) is 36.2 Å². The highest BCUT2D eigenvalue weighted by Gasteiger charge is 1.93. The van der Waals surface area contributed by atoms with Crippen LogP contribution in [0, 0.1) is 0 Å². The van der Waals surface area contributed by atoms with Crippen LogP contribution in [0.1, 0.15) is 25.1 Å². The van der Waals surface area contributed by atoms with Gasteiger partial charge in [-0.15, -0.1) is 0 Å². The van der Waals surface area contributed by atoms with Gasteiger partial charge in [-0.1, -0.05) is 19.6 Å². The number of aromatic nitrogens is 1. The molecule has 0 saturated carbocycles. The Bertz CT molecular complexity index is 246. The number of nitrogens with zero attached hydrogens (tertiary/aromatic N) is 1. The number of pyridine rings is 1. The molecule has 0 N–H and O–H groups in total. The quantitative estimate of drug-likeness (QED) is 0.626. The van der Waals surface area contributed by atoms with Crippen molar-refractivity contribution in [1.29, 1.82) is 0 Å². The molecule has 0 radical (unpaired) electrons. The molecule has 1 rings (SSSR count). The van der Waals surface area contributed by atoms with E-state index in [-0.39, 0.29) is 0 Å². The molecule has 58 valence electrons. The van der Waals surface area contributed by atoms with E-state index in [1.165, 1.54) is 0 Å². The Morgan fingerprint density at radius 2 is 2.27 bits per heavy atom. The molecule has 0 atom stereocenters. The van der Waals surface area contributed by atoms with Crippen molar-refractivity contribution in [1.82, 2.24) is 4.98 Å². The highest BCUT2D eigenvalue weighted by Crippen LogP contribution is 2.09. The van der Waals surface area contributed by atoms with E-state index in [1.54, 1.807) is 0 Å². The van der Waals surface area contributed by atoms with Gasteiger partial charge in [-0.25, -0.2) is 0 Å². The lowest BCUT2D eigenvalue weighted by atomic mass is 10.1. The zero-order valence-corrected chi connectivity index (χ0v) is 7.09. The molecule has 0 aliphatic carbocycles. The van der Waals surface area contributed by atoms with Gasteiger partial charge in [0.15, 0.2) is 0 Å². The molecule has 0 aromatic carbocycles. The van der Waals surface area contributed by atoms with E-state index in [0.29, 0.717) is 0 Å². The van der Waals surface area contributed by atoms with Gasteiger partial charge in [0.05, 0.1) is 0 Å². The minimum atomic E-state index is 0.996. The van der Waals surface area contributed by atoms with E-state index >= 15 is 0 Å². The first-order valence-electron chi connectivity index (χ1n) is 3.85. The molecule has 1 aromatic rings. The molecule has 0 bridgehead atoms. The predicted octanol–water partition coefficient (Wildman–Crippen LogP) is 2.68. The van der Waals surface area contributed by atoms with E-state index in [1.807, 2.05) is 19.2 Å². The second-order valence-electron chi connectivity index (χ2n) is 2.67. The van der Waals surface area contributed by atoms with Crippen LogP contribution in [-0.4, -0.2) is 4.98 Å². The first-order chi connectivity index (χ1) is 5.24. The minimum absolute atomic E-state index is 0.996. The zero-order valence-electron chi connectivity index (χ0n) is 7.09. The fourth-order valence-corrected chi connectivity index (χ4v) is 0.886. The molecule has 11 heavy (non-hydrogen) atoms. The van der Waals surface area contributed by atoms with Gasteiger partial charge < -0.3 is 0 Å². The van der Waals surface area contributed by atoms with E-state index in [9.17, 15) is 0 Å². The normalized spacial score (nSPS) is 9.64. The van der Waals surface area contributed by atoms with Crippen molar-refractivity contribution in [3.8, 4) is 0 Å². The van der Waals surface area contributed by atoms with Gasteiger partial charge in [0.2, 0.25) is 0 Å². The summed E-state index contributed by atoms with van der Waals surface area (Å²) in [5.41, 5.74) is 3.33. The Morgan fingerprint density at radius 3 is 2.64 bits per heavy atom. The van der Waals surface area contributed by atoms with Crippen LogP contribution in [0.2, 0.25) is 0 Å². The molecule has 1 aromatic heterocycles. The molecule has 0 spiro atoms. The fourth-order valence-electron chi connectivity index (χ4n) is 0.886. The fraction of sp³-hybridized carbons (Fsp3) is 0.300. The maximum Gasteiger partial charge on any atom is 0.0401 e. The van der Waals surface area contributed by atoms with Crippen molar-refractivity contribution in [2.45, 2.75) is 20.3 Å². The van der Waals surface area contributed by atoms with Gasteiger partial charge in [0.1, 0.15) is 0 Å². The van der Waals surface area contributed by atoms with Crippen molar-refractivity contribution >= 4 is 5.57 Å². The van der Waals surface area contributed by atoms with Crippen molar-refractivity contribution in [2.75, 3.05) is 0 Å². The van der Waals surface area contributed by atoms with Crippen LogP contribution in [0.4, 0.5) is 0 Å². The number of hydrogen-bond donors (Lipinski definition) is 0. The lowest BCUT2D eigenvalue weighted by molar-refractivity contribution is 1.03. The van der Waals surface area contributed by atoms with Crippen LogP contribution < -0.4 is 0 Å². The smallest absolute Gasteiger partial charge is 0.0401 e. The Labute approximate surface area is 67.8 Å². The third kappa shape index (κ3) is 1.90. The number of aryl methyl sites for hydroxylation is 1. The van der Waals surface area contributed by atoms with Gasteiger partial charge in [0.25, 0.3) is 0 Å². The summed E-state index contributed by atoms with van der Waals surface area (Å²) < 4.78 is 0. The second-order valence-corrected chi connectivity index (χ2v) is 2.67. The molecule has 0 aliphatic rings. The average molecular weight is 147 g/mol. The summed E-state index contributed by atoms with van der Waals surface area (Å²) in [6.45, 7) is 7.93. The summed E-state index contributed by atoms with van der Waals surface area (Å²) in [4.78, 5) is 4.26. The second kappa shape index (κ2) is 3.33. The lowest BCUT2D eigenvalue weighted by Crippen LogP contribution is -1.87. The van der Waals surface area contributed by atoms with E-state index < -0.39 is 0 Å². The van der Waals surface area contributed by atoms with Gasteiger partial charge >= 0.3 is 0 Å². The Morgan fingerprint density at radius 1 is 1.55 bits per heavy atom. The number of hydrogen-bond acceptors (Lipinski definition) is 1. The van der Waals surface area contributed by atoms with Crippen LogP contribution in [0.5, 0.6) is 0 Å². The third-order valence-electron chi connectivity index (χ3n) is 1.68. The molecule has 1 heteroatoms. The van der Waals surface area contributed by atoms with Crippen molar-refractivity contribution in [3.63, 3.8) is 0 Å². The maximum atomic E-state index is 4.26. The van der Waals surface area contributed by atoms with Gasteiger partial charge in [-0.3, -0.25) is 4.98 Å². The molecule has 0 saturated heterocycles. The maximum absolute atomic E-state index is 4.26. The Kier molecular flexibility index (Phi) is 2.42. The first-order valence-corrected chi connectivity index (χ1v) is 3.85. The van der Waals surface area contributed by atoms with E-state index in [2.05, 4.69) is 24.6 Å². The third-order valence-corrected chi connectivity index (χ3v) is 1.68. The molecule has 0 aliphatic heterocycles. The highest BCUT2D eigenvalue weighted by molar-refractivity contribution is 5.60. The molecule has 0 unspecified atom stereocenters. The standard InChI is InChI=1S/C10H13N/c1-4-10-6-5-9(7-11-10)8(2)3/h5-7H,2,4H2,1,3H3. The van der Waals surface area contributed by atoms with Crippen LogP contribution >= 0.6 is 0 Å². The van der Waals surface area contributed by atoms with Crippen molar-refractivity contribution < 1.29 is 0 Å². The van der Waals surface area contributed by atoms with Crippen LogP contribution in [0.3, 0.4) is 0 Å². The van der Waals surface area contributed by atoms with Gasteiger partial charge in [0, 0.05) is 11.9 Å². The minimum Gasteiger partial charge on any atom is -0.261 e. The largest absolute Gasteiger partial charge is 0.261 e. The SMILES string of the molecule is C=C(C)c1ccc(CC)nc1. The average Bonchev–Trinajstić information content (AvgIpc) is 2.05. The molecule has 0 amide bonds. The van der Waals surface area contributed by atoms with Crippen LogP contribution in [0.25, 0.3) is 5.57 Å². The highest BCUT2D eigenvalue weighted by atomic mass is 14.7. The monoisotopic (exact) mass is 147 g/mol. The Hall–Kier alpha value is -1.11. The van der Waals surface area contributed by atoms with E-state index in [4.69, 9.17) is 0 Å². The summed E-state index contributed by atoms with van der Waals surface area (Å²) in [6.07, 6.45) is 2.87. The summed E-state index contributed by atoms with van der Waals surface area (Å²) in [6, 6.07) is 4.11. The number of rotatable bonds is 2. The summed E-state index contributed by atoms with van der Waals surface area (Å²) in [7, 11) is 0. The zero-order chi connectivity index (χ0) is 8.27. The van der Waals surface area contributed by atoms with Gasteiger partial charge in [-0.2, -0.15) is 0 Å². The van der Waals surface area contributed by atoms with Crippen LogP contribution in [-0.2, 0) is 6.42 Å². The summed E-state index contributed by atoms with van der Waals surface area (Å²) in [5, 5.41) is 0. The molecular weight excluding hydrogens is 134 g/mol. The molecule has 1 nitrogen and oxygen atoms in total. The Balaban J connectivity index is 2.91.